The molecule has 2 aromatic heterocycles. The van der Waals surface area contributed by atoms with E-state index < -0.39 is 5.63 Å². The van der Waals surface area contributed by atoms with Crippen LogP contribution in [0.5, 0.6) is 0 Å². The molecule has 144 valence electrons. The molecule has 6 heteroatoms. The number of para-hydroxylation sites is 1. The standard InChI is InChI=1S/C22H23N3O3/c26-21(19-12-18-5-1-2-6-20(18)28-22(19)27)24-14-16-7-10-25(11-8-16)15-17-4-3-9-23-13-17/h1-6,9,12-13,16H,7-8,10-11,14-15H2,(H,24,26). The number of aromatic nitrogens is 1. The summed E-state index contributed by atoms with van der Waals surface area (Å²) in [4.78, 5) is 31.1. The average molecular weight is 377 g/mol. The van der Waals surface area contributed by atoms with Crippen LogP contribution in [0.15, 0.2) is 64.1 Å². The number of nitrogens with zero attached hydrogens (tertiary/aromatic N) is 2. The maximum atomic E-state index is 12.5. The minimum absolute atomic E-state index is 0.0627. The lowest BCUT2D eigenvalue weighted by Gasteiger charge is -2.31. The molecule has 28 heavy (non-hydrogen) atoms. The van der Waals surface area contributed by atoms with Crippen molar-refractivity contribution in [3.05, 3.63) is 76.4 Å². The lowest BCUT2D eigenvalue weighted by Crippen LogP contribution is -2.39. The highest BCUT2D eigenvalue weighted by Gasteiger charge is 2.21. The minimum Gasteiger partial charge on any atom is -0.422 e. The second kappa shape index (κ2) is 8.35. The lowest BCUT2D eigenvalue weighted by molar-refractivity contribution is 0.0931. The molecule has 0 bridgehead atoms. The second-order valence-electron chi connectivity index (χ2n) is 7.28. The van der Waals surface area contributed by atoms with Crippen molar-refractivity contribution >= 4 is 16.9 Å². The van der Waals surface area contributed by atoms with Gasteiger partial charge in [-0.2, -0.15) is 0 Å². The number of amides is 1. The molecule has 3 heterocycles. The SMILES string of the molecule is O=C(NCC1CCN(Cc2cccnc2)CC1)c1cc2ccccc2oc1=O. The van der Waals surface area contributed by atoms with E-state index in [1.165, 1.54) is 5.56 Å². The Kier molecular flexibility index (Phi) is 5.48. The monoisotopic (exact) mass is 377 g/mol. The number of carbonyl (C=O) groups is 1. The molecule has 1 aromatic carbocycles. The molecule has 0 spiro atoms. The predicted molar refractivity (Wildman–Crippen MR) is 107 cm³/mol. The van der Waals surface area contributed by atoms with Gasteiger partial charge in [0.2, 0.25) is 0 Å². The molecule has 1 fully saturated rings. The van der Waals surface area contributed by atoms with Crippen molar-refractivity contribution in [3.8, 4) is 0 Å². The Morgan fingerprint density at radius 2 is 2.00 bits per heavy atom. The number of hydrogen-bond acceptors (Lipinski definition) is 5. The summed E-state index contributed by atoms with van der Waals surface area (Å²) in [5.74, 6) is 0.0545. The Bertz CT molecular complexity index is 1010. The van der Waals surface area contributed by atoms with Gasteiger partial charge in [0.1, 0.15) is 11.1 Å². The summed E-state index contributed by atoms with van der Waals surface area (Å²) in [6.07, 6.45) is 5.73. The predicted octanol–water partition coefficient (Wildman–Crippen LogP) is 2.83. The number of pyridine rings is 1. The van der Waals surface area contributed by atoms with Gasteiger partial charge in [0.05, 0.1) is 0 Å². The number of likely N-dealkylation sites (tertiary alicyclic amines) is 1. The maximum absolute atomic E-state index is 12.5. The molecule has 0 aliphatic carbocycles. The lowest BCUT2D eigenvalue weighted by atomic mass is 9.96. The molecule has 1 aliphatic rings. The average Bonchev–Trinajstić information content (AvgIpc) is 2.73. The van der Waals surface area contributed by atoms with E-state index in [9.17, 15) is 9.59 Å². The molecule has 3 aromatic rings. The van der Waals surface area contributed by atoms with Gasteiger partial charge in [0.15, 0.2) is 0 Å². The second-order valence-corrected chi connectivity index (χ2v) is 7.28. The number of hydrogen-bond donors (Lipinski definition) is 1. The fourth-order valence-corrected chi connectivity index (χ4v) is 3.65. The fraction of sp³-hybridized carbons (Fsp3) is 0.318. The third kappa shape index (κ3) is 4.28. The van der Waals surface area contributed by atoms with E-state index in [1.807, 2.05) is 24.4 Å². The first-order chi connectivity index (χ1) is 13.7. The summed E-state index contributed by atoms with van der Waals surface area (Å²) >= 11 is 0. The van der Waals surface area contributed by atoms with Crippen LogP contribution in [0.1, 0.15) is 28.8 Å². The number of nitrogens with one attached hydrogen (secondary N) is 1. The van der Waals surface area contributed by atoms with Crippen LogP contribution >= 0.6 is 0 Å². The van der Waals surface area contributed by atoms with Crippen molar-refractivity contribution in [2.24, 2.45) is 5.92 Å². The molecule has 1 saturated heterocycles. The molecule has 0 unspecified atom stereocenters. The smallest absolute Gasteiger partial charge is 0.349 e. The molecule has 0 radical (unpaired) electrons. The van der Waals surface area contributed by atoms with Gasteiger partial charge in [-0.3, -0.25) is 14.7 Å². The number of rotatable bonds is 5. The van der Waals surface area contributed by atoms with Gasteiger partial charge in [-0.1, -0.05) is 24.3 Å². The third-order valence-electron chi connectivity index (χ3n) is 5.27. The van der Waals surface area contributed by atoms with E-state index in [-0.39, 0.29) is 11.5 Å². The normalized spacial score (nSPS) is 15.6. The van der Waals surface area contributed by atoms with Crippen LogP contribution < -0.4 is 10.9 Å². The Morgan fingerprint density at radius 3 is 2.79 bits per heavy atom. The highest BCUT2D eigenvalue weighted by atomic mass is 16.4. The van der Waals surface area contributed by atoms with Crippen molar-refractivity contribution < 1.29 is 9.21 Å². The van der Waals surface area contributed by atoms with Gasteiger partial charge >= 0.3 is 5.63 Å². The van der Waals surface area contributed by atoms with E-state index >= 15 is 0 Å². The van der Waals surface area contributed by atoms with Crippen LogP contribution in [0.2, 0.25) is 0 Å². The van der Waals surface area contributed by atoms with Gasteiger partial charge < -0.3 is 9.73 Å². The van der Waals surface area contributed by atoms with Gasteiger partial charge in [0.25, 0.3) is 5.91 Å². The molecule has 1 aliphatic heterocycles. The zero-order chi connectivity index (χ0) is 19.3. The Labute approximate surface area is 163 Å². The fourth-order valence-electron chi connectivity index (χ4n) is 3.65. The number of benzene rings is 1. The molecule has 0 saturated carbocycles. The zero-order valence-corrected chi connectivity index (χ0v) is 15.6. The minimum atomic E-state index is -0.595. The van der Waals surface area contributed by atoms with Crippen LogP contribution in [0.3, 0.4) is 0 Å². The first kappa shape index (κ1) is 18.4. The van der Waals surface area contributed by atoms with E-state index in [0.717, 1.165) is 37.9 Å². The van der Waals surface area contributed by atoms with E-state index in [1.54, 1.807) is 24.4 Å². The summed E-state index contributed by atoms with van der Waals surface area (Å²) in [6, 6.07) is 12.8. The van der Waals surface area contributed by atoms with Crippen molar-refractivity contribution in [2.75, 3.05) is 19.6 Å². The molecule has 1 amide bonds. The molecular weight excluding hydrogens is 354 g/mol. The van der Waals surface area contributed by atoms with Crippen molar-refractivity contribution in [2.45, 2.75) is 19.4 Å². The van der Waals surface area contributed by atoms with Crippen LogP contribution in [0.4, 0.5) is 0 Å². The van der Waals surface area contributed by atoms with Gasteiger partial charge in [-0.05, 0) is 55.6 Å². The molecular formula is C22H23N3O3. The largest absolute Gasteiger partial charge is 0.422 e. The quantitative estimate of drug-likeness (QED) is 0.692. The molecule has 6 nitrogen and oxygen atoms in total. The van der Waals surface area contributed by atoms with Gasteiger partial charge in [-0.15, -0.1) is 0 Å². The van der Waals surface area contributed by atoms with Crippen molar-refractivity contribution in [3.63, 3.8) is 0 Å². The van der Waals surface area contributed by atoms with Crippen molar-refractivity contribution in [1.29, 1.82) is 0 Å². The molecule has 1 N–H and O–H groups in total. The summed E-state index contributed by atoms with van der Waals surface area (Å²) in [6.45, 7) is 3.47. The first-order valence-corrected chi connectivity index (χ1v) is 9.61. The Balaban J connectivity index is 1.30. The van der Waals surface area contributed by atoms with Crippen molar-refractivity contribution in [1.82, 2.24) is 15.2 Å². The third-order valence-corrected chi connectivity index (χ3v) is 5.27. The van der Waals surface area contributed by atoms with Gasteiger partial charge in [-0.25, -0.2) is 4.79 Å². The first-order valence-electron chi connectivity index (χ1n) is 9.61. The highest BCUT2D eigenvalue weighted by molar-refractivity contribution is 5.96. The summed E-state index contributed by atoms with van der Waals surface area (Å²) in [5, 5.41) is 3.66. The highest BCUT2D eigenvalue weighted by Crippen LogP contribution is 2.18. The van der Waals surface area contributed by atoms with E-state index in [0.29, 0.717) is 18.0 Å². The number of carbonyl (C=O) groups excluding carboxylic acids is 1. The van der Waals surface area contributed by atoms with E-state index in [4.69, 9.17) is 4.42 Å². The number of piperidine rings is 1. The summed E-state index contributed by atoms with van der Waals surface area (Å²) < 4.78 is 5.25. The summed E-state index contributed by atoms with van der Waals surface area (Å²) in [5.41, 5.74) is 1.18. The van der Waals surface area contributed by atoms with Crippen LogP contribution in [-0.4, -0.2) is 35.4 Å². The van der Waals surface area contributed by atoms with Crippen LogP contribution in [0.25, 0.3) is 11.0 Å². The van der Waals surface area contributed by atoms with Crippen LogP contribution in [0, 0.1) is 5.92 Å². The molecule has 4 rings (SSSR count). The van der Waals surface area contributed by atoms with E-state index in [2.05, 4.69) is 21.3 Å². The maximum Gasteiger partial charge on any atom is 0.349 e. The molecule has 0 atom stereocenters. The van der Waals surface area contributed by atoms with Crippen LogP contribution in [-0.2, 0) is 6.54 Å². The zero-order valence-electron chi connectivity index (χ0n) is 15.6. The van der Waals surface area contributed by atoms with Gasteiger partial charge in [0, 0.05) is 30.9 Å². The summed E-state index contributed by atoms with van der Waals surface area (Å²) in [7, 11) is 0. The Morgan fingerprint density at radius 1 is 1.18 bits per heavy atom. The topological polar surface area (TPSA) is 75.4 Å². The Hall–Kier alpha value is -2.99. The number of fused-ring (bicyclic) bond motifs is 1.